The second-order valence-corrected chi connectivity index (χ2v) is 6.51. The van der Waals surface area contributed by atoms with Gasteiger partial charge in [0, 0.05) is 54.8 Å². The third-order valence-corrected chi connectivity index (χ3v) is 4.39. The second kappa shape index (κ2) is 7.86. The van der Waals surface area contributed by atoms with Crippen LogP contribution in [0.15, 0.2) is 60.0 Å². The van der Waals surface area contributed by atoms with Crippen molar-refractivity contribution in [1.82, 2.24) is 15.0 Å². The maximum atomic E-state index is 12.0. The van der Waals surface area contributed by atoms with E-state index in [4.69, 9.17) is 0 Å². The van der Waals surface area contributed by atoms with Crippen LogP contribution in [-0.4, -0.2) is 35.8 Å². The van der Waals surface area contributed by atoms with Crippen LogP contribution in [0.5, 0.6) is 0 Å². The third-order valence-electron chi connectivity index (χ3n) is 4.39. The van der Waals surface area contributed by atoms with E-state index in [0.29, 0.717) is 5.56 Å². The van der Waals surface area contributed by atoms with Gasteiger partial charge in [-0.25, -0.2) is 5.43 Å². The van der Waals surface area contributed by atoms with Crippen molar-refractivity contribution < 1.29 is 4.79 Å². The first kappa shape index (κ1) is 18.4. The highest BCUT2D eigenvalue weighted by molar-refractivity contribution is 5.94. The summed E-state index contributed by atoms with van der Waals surface area (Å²) in [6, 6.07) is 13.8. The number of rotatable bonds is 5. The first-order valence-corrected chi connectivity index (χ1v) is 8.67. The summed E-state index contributed by atoms with van der Waals surface area (Å²) in [4.78, 5) is 18.0. The van der Waals surface area contributed by atoms with Gasteiger partial charge in [-0.05, 0) is 56.3 Å². The summed E-state index contributed by atoms with van der Waals surface area (Å²) in [5.74, 6) is -0.285. The van der Waals surface area contributed by atoms with Crippen molar-refractivity contribution in [2.24, 2.45) is 5.10 Å². The van der Waals surface area contributed by atoms with Crippen LogP contribution in [0.2, 0.25) is 0 Å². The normalized spacial score (nSPS) is 11.0. The fourth-order valence-corrected chi connectivity index (χ4v) is 2.94. The Labute approximate surface area is 159 Å². The minimum Gasteiger partial charge on any atom is -0.378 e. The molecular formula is C21H23N5O. The number of nitrogens with one attached hydrogen (secondary N) is 1. The molecule has 3 rings (SSSR count). The van der Waals surface area contributed by atoms with Gasteiger partial charge in [0.2, 0.25) is 0 Å². The average molecular weight is 361 g/mol. The summed E-state index contributed by atoms with van der Waals surface area (Å²) in [6.45, 7) is 4.09. The summed E-state index contributed by atoms with van der Waals surface area (Å²) in [5.41, 5.74) is 8.37. The van der Waals surface area contributed by atoms with Crippen molar-refractivity contribution in [1.29, 1.82) is 0 Å². The zero-order chi connectivity index (χ0) is 19.4. The van der Waals surface area contributed by atoms with Gasteiger partial charge in [0.1, 0.15) is 0 Å². The number of aromatic nitrogens is 2. The van der Waals surface area contributed by atoms with Crippen molar-refractivity contribution in [2.75, 3.05) is 19.0 Å². The van der Waals surface area contributed by atoms with Gasteiger partial charge in [-0.3, -0.25) is 9.78 Å². The number of aryl methyl sites for hydroxylation is 1. The standard InChI is InChI=1S/C21H23N5O/c1-15-12-18(14-23-24-21(27)17-6-5-11-22-13-17)16(2)26(15)20-9-7-19(8-10-20)25(3)4/h5-14H,1-4H3,(H,24,27)/b23-14-. The molecule has 2 aromatic heterocycles. The molecular weight excluding hydrogens is 338 g/mol. The Balaban J connectivity index is 1.78. The highest BCUT2D eigenvalue weighted by atomic mass is 16.2. The quantitative estimate of drug-likeness (QED) is 0.560. The highest BCUT2D eigenvalue weighted by Crippen LogP contribution is 2.22. The average Bonchev–Trinajstić information content (AvgIpc) is 2.96. The predicted octanol–water partition coefficient (Wildman–Crippen LogP) is 3.32. The minimum atomic E-state index is -0.285. The number of carbonyl (C=O) groups excluding carboxylic acids is 1. The molecule has 6 heteroatoms. The first-order chi connectivity index (χ1) is 13.0. The molecule has 6 nitrogen and oxygen atoms in total. The van der Waals surface area contributed by atoms with E-state index < -0.39 is 0 Å². The number of nitrogens with zero attached hydrogens (tertiary/aromatic N) is 4. The third kappa shape index (κ3) is 4.06. The molecule has 0 unspecified atom stereocenters. The van der Waals surface area contributed by atoms with Gasteiger partial charge >= 0.3 is 0 Å². The van der Waals surface area contributed by atoms with E-state index in [-0.39, 0.29) is 5.91 Å². The molecule has 3 aromatic rings. The van der Waals surface area contributed by atoms with Crippen LogP contribution >= 0.6 is 0 Å². The Morgan fingerprint density at radius 3 is 2.56 bits per heavy atom. The minimum absolute atomic E-state index is 0.285. The van der Waals surface area contributed by atoms with E-state index in [1.807, 2.05) is 21.0 Å². The Morgan fingerprint density at radius 1 is 1.19 bits per heavy atom. The van der Waals surface area contributed by atoms with E-state index >= 15 is 0 Å². The van der Waals surface area contributed by atoms with Crippen molar-refractivity contribution in [2.45, 2.75) is 13.8 Å². The molecule has 0 bridgehead atoms. The molecule has 138 valence electrons. The molecule has 0 aliphatic carbocycles. The van der Waals surface area contributed by atoms with Crippen molar-refractivity contribution >= 4 is 17.8 Å². The maximum Gasteiger partial charge on any atom is 0.272 e. The molecule has 1 aromatic carbocycles. The molecule has 0 saturated heterocycles. The van der Waals surface area contributed by atoms with E-state index in [1.165, 1.54) is 6.20 Å². The fraction of sp³-hybridized carbons (Fsp3) is 0.190. The molecule has 27 heavy (non-hydrogen) atoms. The second-order valence-electron chi connectivity index (χ2n) is 6.51. The van der Waals surface area contributed by atoms with Gasteiger partial charge in [-0.15, -0.1) is 0 Å². The van der Waals surface area contributed by atoms with Gasteiger partial charge in [-0.2, -0.15) is 5.10 Å². The van der Waals surface area contributed by atoms with Crippen molar-refractivity contribution in [3.8, 4) is 5.69 Å². The van der Waals surface area contributed by atoms with Crippen molar-refractivity contribution in [3.05, 3.63) is 77.4 Å². The molecule has 0 fully saturated rings. The van der Waals surface area contributed by atoms with Crippen LogP contribution in [0.25, 0.3) is 5.69 Å². The number of pyridine rings is 1. The van der Waals surface area contributed by atoms with Gasteiger partial charge < -0.3 is 9.47 Å². The number of carbonyl (C=O) groups is 1. The molecule has 1 amide bonds. The molecule has 0 radical (unpaired) electrons. The Bertz CT molecular complexity index is 956. The first-order valence-electron chi connectivity index (χ1n) is 8.67. The van der Waals surface area contributed by atoms with E-state index in [2.05, 4.69) is 62.2 Å². The lowest BCUT2D eigenvalue weighted by atomic mass is 10.2. The number of hydrazone groups is 1. The Hall–Kier alpha value is -3.41. The van der Waals surface area contributed by atoms with Gasteiger partial charge in [0.15, 0.2) is 0 Å². The maximum absolute atomic E-state index is 12.0. The molecule has 0 spiro atoms. The van der Waals surface area contributed by atoms with Crippen LogP contribution < -0.4 is 10.3 Å². The van der Waals surface area contributed by atoms with Crippen LogP contribution in [0, 0.1) is 13.8 Å². The zero-order valence-corrected chi connectivity index (χ0v) is 16.0. The summed E-state index contributed by atoms with van der Waals surface area (Å²) >= 11 is 0. The smallest absolute Gasteiger partial charge is 0.272 e. The van der Waals surface area contributed by atoms with Crippen molar-refractivity contribution in [3.63, 3.8) is 0 Å². The van der Waals surface area contributed by atoms with E-state index in [0.717, 1.165) is 28.3 Å². The number of amides is 1. The largest absolute Gasteiger partial charge is 0.378 e. The lowest BCUT2D eigenvalue weighted by Gasteiger charge is -2.14. The van der Waals surface area contributed by atoms with E-state index in [9.17, 15) is 4.79 Å². The Morgan fingerprint density at radius 2 is 1.93 bits per heavy atom. The molecule has 0 atom stereocenters. The number of benzene rings is 1. The highest BCUT2D eigenvalue weighted by Gasteiger charge is 2.10. The van der Waals surface area contributed by atoms with Crippen LogP contribution in [0.4, 0.5) is 5.69 Å². The van der Waals surface area contributed by atoms with Gasteiger partial charge in [0.25, 0.3) is 5.91 Å². The summed E-state index contributed by atoms with van der Waals surface area (Å²) < 4.78 is 2.17. The summed E-state index contributed by atoms with van der Waals surface area (Å²) in [5, 5.41) is 4.09. The lowest BCUT2D eigenvalue weighted by Crippen LogP contribution is -2.17. The fourth-order valence-electron chi connectivity index (χ4n) is 2.94. The van der Waals surface area contributed by atoms with Gasteiger partial charge in [-0.1, -0.05) is 0 Å². The van der Waals surface area contributed by atoms with Crippen LogP contribution in [-0.2, 0) is 0 Å². The predicted molar refractivity (Wildman–Crippen MR) is 109 cm³/mol. The van der Waals surface area contributed by atoms with Crippen LogP contribution in [0.3, 0.4) is 0 Å². The summed E-state index contributed by atoms with van der Waals surface area (Å²) in [6.07, 6.45) is 4.80. The van der Waals surface area contributed by atoms with Crippen LogP contribution in [0.1, 0.15) is 27.3 Å². The molecule has 0 aliphatic rings. The Kier molecular flexibility index (Phi) is 5.35. The zero-order valence-electron chi connectivity index (χ0n) is 16.0. The topological polar surface area (TPSA) is 62.5 Å². The molecule has 0 saturated carbocycles. The molecule has 2 heterocycles. The number of hydrogen-bond donors (Lipinski definition) is 1. The monoisotopic (exact) mass is 361 g/mol. The number of hydrogen-bond acceptors (Lipinski definition) is 4. The molecule has 0 aliphatic heterocycles. The summed E-state index contributed by atoms with van der Waals surface area (Å²) in [7, 11) is 4.05. The number of anilines is 1. The SMILES string of the molecule is Cc1cc(/C=N\NC(=O)c2cccnc2)c(C)n1-c1ccc(N(C)C)cc1. The van der Waals surface area contributed by atoms with E-state index in [1.54, 1.807) is 24.5 Å². The lowest BCUT2D eigenvalue weighted by molar-refractivity contribution is 0.0955. The molecule has 1 N–H and O–H groups in total. The van der Waals surface area contributed by atoms with Gasteiger partial charge in [0.05, 0.1) is 11.8 Å².